The molecule has 1 aliphatic heterocycles. The van der Waals surface area contributed by atoms with Crippen molar-refractivity contribution in [1.29, 1.82) is 0 Å². The Morgan fingerprint density at radius 1 is 1.00 bits per heavy atom. The van der Waals surface area contributed by atoms with Gasteiger partial charge >= 0.3 is 0 Å². The number of nitrogens with zero attached hydrogens (tertiary/aromatic N) is 1. The van der Waals surface area contributed by atoms with Gasteiger partial charge in [0.2, 0.25) is 5.91 Å². The van der Waals surface area contributed by atoms with Gasteiger partial charge in [0.05, 0.1) is 5.71 Å². The summed E-state index contributed by atoms with van der Waals surface area (Å²) in [4.78, 5) is 11.5. The molecule has 20 heavy (non-hydrogen) atoms. The molecule has 1 atom stereocenters. The van der Waals surface area contributed by atoms with Crippen LogP contribution >= 0.6 is 0 Å². The Morgan fingerprint density at radius 3 is 2.35 bits per heavy atom. The van der Waals surface area contributed by atoms with Crippen LogP contribution < -0.4 is 5.43 Å². The molecule has 0 radical (unpaired) electrons. The van der Waals surface area contributed by atoms with Crippen molar-refractivity contribution < 1.29 is 4.79 Å². The standard InChI is InChI=1S/C17H16N2O/c1-12-11-16(18-19-17(12)20)15-10-6-5-9-14(15)13-7-3-2-4-8-13/h2-10,12H,11H2,1H3,(H,19,20). The maximum Gasteiger partial charge on any atom is 0.243 e. The number of amides is 1. The van der Waals surface area contributed by atoms with Crippen molar-refractivity contribution in [1.82, 2.24) is 5.43 Å². The molecule has 0 spiro atoms. The van der Waals surface area contributed by atoms with Crippen molar-refractivity contribution in [3.05, 3.63) is 60.2 Å². The highest BCUT2D eigenvalue weighted by Gasteiger charge is 2.22. The van der Waals surface area contributed by atoms with Crippen molar-refractivity contribution in [2.24, 2.45) is 11.0 Å². The Hall–Kier alpha value is -2.42. The van der Waals surface area contributed by atoms with E-state index in [4.69, 9.17) is 0 Å². The lowest BCUT2D eigenvalue weighted by Crippen LogP contribution is -2.33. The molecule has 0 saturated heterocycles. The third-order valence-corrected chi connectivity index (χ3v) is 3.57. The van der Waals surface area contributed by atoms with E-state index in [1.54, 1.807) is 0 Å². The lowest BCUT2D eigenvalue weighted by atomic mass is 9.91. The molecular formula is C17H16N2O. The molecule has 0 aromatic heterocycles. The van der Waals surface area contributed by atoms with Gasteiger partial charge in [0.1, 0.15) is 0 Å². The zero-order valence-corrected chi connectivity index (χ0v) is 11.3. The normalized spacial score (nSPS) is 18.4. The van der Waals surface area contributed by atoms with Gasteiger partial charge < -0.3 is 0 Å². The molecule has 2 aromatic carbocycles. The summed E-state index contributed by atoms with van der Waals surface area (Å²) in [5, 5.41) is 4.23. The van der Waals surface area contributed by atoms with E-state index in [1.807, 2.05) is 37.3 Å². The summed E-state index contributed by atoms with van der Waals surface area (Å²) in [5.41, 5.74) is 6.95. The molecule has 1 N–H and O–H groups in total. The maximum atomic E-state index is 11.5. The van der Waals surface area contributed by atoms with Crippen molar-refractivity contribution in [3.8, 4) is 11.1 Å². The molecule has 100 valence electrons. The molecule has 1 unspecified atom stereocenters. The number of carbonyl (C=O) groups excluding carboxylic acids is 1. The van der Waals surface area contributed by atoms with Crippen LogP contribution in [0.5, 0.6) is 0 Å². The minimum atomic E-state index is -0.0358. The quantitative estimate of drug-likeness (QED) is 0.889. The van der Waals surface area contributed by atoms with Gasteiger partial charge in [-0.25, -0.2) is 5.43 Å². The first-order valence-electron chi connectivity index (χ1n) is 6.77. The molecule has 1 amide bonds. The summed E-state index contributed by atoms with van der Waals surface area (Å²) < 4.78 is 0. The van der Waals surface area contributed by atoms with E-state index < -0.39 is 0 Å². The largest absolute Gasteiger partial charge is 0.273 e. The van der Waals surface area contributed by atoms with Gasteiger partial charge in [0.15, 0.2) is 0 Å². The third kappa shape index (κ3) is 2.35. The van der Waals surface area contributed by atoms with Crippen molar-refractivity contribution in [2.75, 3.05) is 0 Å². The Labute approximate surface area is 118 Å². The third-order valence-electron chi connectivity index (χ3n) is 3.57. The van der Waals surface area contributed by atoms with Crippen LogP contribution in [0.2, 0.25) is 0 Å². The molecule has 2 aromatic rings. The van der Waals surface area contributed by atoms with Crippen LogP contribution in [0.1, 0.15) is 18.9 Å². The fourth-order valence-corrected chi connectivity index (χ4v) is 2.44. The van der Waals surface area contributed by atoms with Crippen LogP contribution in [0.3, 0.4) is 0 Å². The fourth-order valence-electron chi connectivity index (χ4n) is 2.44. The van der Waals surface area contributed by atoms with E-state index in [1.165, 1.54) is 0 Å². The van der Waals surface area contributed by atoms with E-state index in [9.17, 15) is 4.79 Å². The topological polar surface area (TPSA) is 41.5 Å². The van der Waals surface area contributed by atoms with E-state index in [0.29, 0.717) is 6.42 Å². The van der Waals surface area contributed by atoms with Crippen LogP contribution in [0.25, 0.3) is 11.1 Å². The first-order chi connectivity index (χ1) is 9.75. The lowest BCUT2D eigenvalue weighted by molar-refractivity contribution is -0.124. The highest BCUT2D eigenvalue weighted by Crippen LogP contribution is 2.26. The van der Waals surface area contributed by atoms with Crippen LogP contribution in [0.15, 0.2) is 59.7 Å². The minimum absolute atomic E-state index is 0.00839. The average molecular weight is 264 g/mol. The van der Waals surface area contributed by atoms with Gasteiger partial charge in [-0.15, -0.1) is 0 Å². The number of benzene rings is 2. The Bertz CT molecular complexity index is 662. The number of hydrogen-bond donors (Lipinski definition) is 1. The number of carbonyl (C=O) groups is 1. The minimum Gasteiger partial charge on any atom is -0.273 e. The van der Waals surface area contributed by atoms with E-state index >= 15 is 0 Å². The Kier molecular flexibility index (Phi) is 3.33. The molecule has 3 nitrogen and oxygen atoms in total. The second-order valence-corrected chi connectivity index (χ2v) is 5.05. The summed E-state index contributed by atoms with van der Waals surface area (Å²) >= 11 is 0. The number of nitrogens with one attached hydrogen (secondary N) is 1. The van der Waals surface area contributed by atoms with Gasteiger partial charge in [-0.2, -0.15) is 5.10 Å². The molecule has 3 heteroatoms. The number of rotatable bonds is 2. The van der Waals surface area contributed by atoms with E-state index in [0.717, 1.165) is 22.4 Å². The first-order valence-corrected chi connectivity index (χ1v) is 6.77. The van der Waals surface area contributed by atoms with Crippen molar-refractivity contribution in [3.63, 3.8) is 0 Å². The lowest BCUT2D eigenvalue weighted by Gasteiger charge is -2.20. The van der Waals surface area contributed by atoms with Crippen molar-refractivity contribution in [2.45, 2.75) is 13.3 Å². The predicted octanol–water partition coefficient (Wildman–Crippen LogP) is 3.21. The Morgan fingerprint density at radius 2 is 1.65 bits per heavy atom. The molecule has 1 aliphatic rings. The van der Waals surface area contributed by atoms with Crippen LogP contribution in [-0.2, 0) is 4.79 Å². The Balaban J connectivity index is 2.05. The van der Waals surface area contributed by atoms with Gasteiger partial charge in [-0.1, -0.05) is 61.5 Å². The summed E-state index contributed by atoms with van der Waals surface area (Å²) in [7, 11) is 0. The molecule has 0 bridgehead atoms. The zero-order valence-electron chi connectivity index (χ0n) is 11.3. The van der Waals surface area contributed by atoms with Gasteiger partial charge in [-0.3, -0.25) is 4.79 Å². The predicted molar refractivity (Wildman–Crippen MR) is 80.3 cm³/mol. The second kappa shape index (κ2) is 5.29. The summed E-state index contributed by atoms with van der Waals surface area (Å²) in [6, 6.07) is 18.4. The van der Waals surface area contributed by atoms with Crippen molar-refractivity contribution >= 4 is 11.6 Å². The highest BCUT2D eigenvalue weighted by atomic mass is 16.2. The fraction of sp³-hybridized carbons (Fsp3) is 0.176. The molecule has 0 aliphatic carbocycles. The van der Waals surface area contributed by atoms with Gasteiger partial charge in [0.25, 0.3) is 0 Å². The molecule has 0 fully saturated rings. The average Bonchev–Trinajstić information content (AvgIpc) is 2.51. The molecule has 3 rings (SSSR count). The van der Waals surface area contributed by atoms with E-state index in [-0.39, 0.29) is 11.8 Å². The summed E-state index contributed by atoms with van der Waals surface area (Å²) in [6.45, 7) is 1.93. The van der Waals surface area contributed by atoms with Crippen LogP contribution in [0.4, 0.5) is 0 Å². The first kappa shape index (κ1) is 12.6. The number of hydrogen-bond acceptors (Lipinski definition) is 2. The highest BCUT2D eigenvalue weighted by molar-refractivity contribution is 6.08. The van der Waals surface area contributed by atoms with Crippen LogP contribution in [0, 0.1) is 5.92 Å². The van der Waals surface area contributed by atoms with Gasteiger partial charge in [-0.05, 0) is 11.1 Å². The van der Waals surface area contributed by atoms with Crippen LogP contribution in [-0.4, -0.2) is 11.6 Å². The van der Waals surface area contributed by atoms with Gasteiger partial charge in [0, 0.05) is 17.9 Å². The monoisotopic (exact) mass is 264 g/mol. The summed E-state index contributed by atoms with van der Waals surface area (Å²) in [6.07, 6.45) is 0.676. The SMILES string of the molecule is CC1CC(c2ccccc2-c2ccccc2)=NNC1=O. The van der Waals surface area contributed by atoms with E-state index in [2.05, 4.69) is 34.8 Å². The summed E-state index contributed by atoms with van der Waals surface area (Å²) in [5.74, 6) is -0.0442. The number of hydrazone groups is 1. The second-order valence-electron chi connectivity index (χ2n) is 5.05. The molecule has 1 heterocycles. The zero-order chi connectivity index (χ0) is 13.9. The smallest absolute Gasteiger partial charge is 0.243 e. The molecular weight excluding hydrogens is 248 g/mol. The maximum absolute atomic E-state index is 11.5. The molecule has 0 saturated carbocycles.